The SMILES string of the molecule is COc1ccc(OC)c2c1cc(C(=O)Nc1ccc(OCCN3CCOCC3)cc1)n2C. The summed E-state index contributed by atoms with van der Waals surface area (Å²) < 4.78 is 23.9. The van der Waals surface area contributed by atoms with E-state index in [-0.39, 0.29) is 5.91 Å². The maximum absolute atomic E-state index is 13.0. The molecule has 1 N–H and O–H groups in total. The highest BCUT2D eigenvalue weighted by atomic mass is 16.5. The molecule has 0 atom stereocenters. The molecule has 4 rings (SSSR count). The molecular formula is C24H29N3O5. The summed E-state index contributed by atoms with van der Waals surface area (Å²) in [5.74, 6) is 1.93. The first-order valence-electron chi connectivity index (χ1n) is 10.7. The maximum Gasteiger partial charge on any atom is 0.272 e. The van der Waals surface area contributed by atoms with Crippen LogP contribution in [0.3, 0.4) is 0 Å². The fraction of sp³-hybridized carbons (Fsp3) is 0.375. The number of rotatable bonds is 8. The van der Waals surface area contributed by atoms with Crippen LogP contribution in [-0.2, 0) is 11.8 Å². The number of hydrogen-bond donors (Lipinski definition) is 1. The molecule has 0 unspecified atom stereocenters. The van der Waals surface area contributed by atoms with Gasteiger partial charge >= 0.3 is 0 Å². The first-order valence-corrected chi connectivity index (χ1v) is 10.7. The number of nitrogens with zero attached hydrogens (tertiary/aromatic N) is 2. The van der Waals surface area contributed by atoms with E-state index in [1.54, 1.807) is 14.2 Å². The second-order valence-corrected chi connectivity index (χ2v) is 7.60. The number of amides is 1. The summed E-state index contributed by atoms with van der Waals surface area (Å²) in [5.41, 5.74) is 2.01. The fourth-order valence-corrected chi connectivity index (χ4v) is 3.92. The molecule has 1 saturated heterocycles. The number of fused-ring (bicyclic) bond motifs is 1. The first-order chi connectivity index (χ1) is 15.6. The van der Waals surface area contributed by atoms with E-state index in [0.29, 0.717) is 29.5 Å². The van der Waals surface area contributed by atoms with Crippen molar-refractivity contribution in [3.63, 3.8) is 0 Å². The van der Waals surface area contributed by atoms with E-state index >= 15 is 0 Å². The molecule has 1 fully saturated rings. The van der Waals surface area contributed by atoms with Crippen molar-refractivity contribution in [2.75, 3.05) is 59.0 Å². The molecule has 0 bridgehead atoms. The average molecular weight is 440 g/mol. The van der Waals surface area contributed by atoms with Gasteiger partial charge in [-0.15, -0.1) is 0 Å². The predicted molar refractivity (Wildman–Crippen MR) is 123 cm³/mol. The van der Waals surface area contributed by atoms with Gasteiger partial charge in [0, 0.05) is 37.8 Å². The number of carbonyl (C=O) groups excluding carboxylic acids is 1. The molecule has 0 spiro atoms. The minimum absolute atomic E-state index is 0.214. The lowest BCUT2D eigenvalue weighted by Gasteiger charge is -2.26. The van der Waals surface area contributed by atoms with E-state index in [0.717, 1.165) is 49.5 Å². The van der Waals surface area contributed by atoms with Crippen molar-refractivity contribution >= 4 is 22.5 Å². The Balaban J connectivity index is 1.41. The van der Waals surface area contributed by atoms with Gasteiger partial charge in [-0.3, -0.25) is 9.69 Å². The Hall–Kier alpha value is -3.23. The summed E-state index contributed by atoms with van der Waals surface area (Å²) in [7, 11) is 5.06. The van der Waals surface area contributed by atoms with Gasteiger partial charge in [0.2, 0.25) is 0 Å². The molecule has 8 nitrogen and oxygen atoms in total. The lowest BCUT2D eigenvalue weighted by molar-refractivity contribution is 0.0322. The number of methoxy groups -OCH3 is 2. The number of anilines is 1. The largest absolute Gasteiger partial charge is 0.496 e. The van der Waals surface area contributed by atoms with Crippen LogP contribution in [-0.4, -0.2) is 69.0 Å². The predicted octanol–water partition coefficient (Wildman–Crippen LogP) is 3.16. The first kappa shape index (κ1) is 22.0. The van der Waals surface area contributed by atoms with Gasteiger partial charge in [0.15, 0.2) is 0 Å². The van der Waals surface area contributed by atoms with E-state index in [2.05, 4.69) is 10.2 Å². The van der Waals surface area contributed by atoms with Gasteiger partial charge in [0.1, 0.15) is 29.5 Å². The van der Waals surface area contributed by atoms with Crippen LogP contribution in [0.15, 0.2) is 42.5 Å². The Morgan fingerprint density at radius 3 is 2.41 bits per heavy atom. The normalized spacial score (nSPS) is 14.3. The molecule has 2 aromatic carbocycles. The van der Waals surface area contributed by atoms with Crippen molar-refractivity contribution in [1.29, 1.82) is 0 Å². The molecular weight excluding hydrogens is 410 g/mol. The lowest BCUT2D eigenvalue weighted by atomic mass is 10.2. The minimum Gasteiger partial charge on any atom is -0.496 e. The van der Waals surface area contributed by atoms with E-state index in [9.17, 15) is 4.79 Å². The molecule has 0 radical (unpaired) electrons. The van der Waals surface area contributed by atoms with Gasteiger partial charge in [-0.25, -0.2) is 0 Å². The van der Waals surface area contributed by atoms with E-state index in [1.807, 2.05) is 54.1 Å². The maximum atomic E-state index is 13.0. The second-order valence-electron chi connectivity index (χ2n) is 7.60. The third kappa shape index (κ3) is 4.66. The third-order valence-electron chi connectivity index (χ3n) is 5.68. The van der Waals surface area contributed by atoms with Crippen molar-refractivity contribution in [2.45, 2.75) is 0 Å². The number of hydrogen-bond acceptors (Lipinski definition) is 6. The van der Waals surface area contributed by atoms with Crippen LogP contribution < -0.4 is 19.5 Å². The van der Waals surface area contributed by atoms with Crippen LogP contribution in [0.2, 0.25) is 0 Å². The Morgan fingerprint density at radius 2 is 1.72 bits per heavy atom. The zero-order valence-electron chi connectivity index (χ0n) is 18.7. The van der Waals surface area contributed by atoms with Crippen LogP contribution in [0.25, 0.3) is 10.9 Å². The Labute approximate surface area is 187 Å². The Bertz CT molecular complexity index is 1070. The van der Waals surface area contributed by atoms with Gasteiger partial charge in [0.05, 0.1) is 33.0 Å². The Morgan fingerprint density at radius 1 is 1.03 bits per heavy atom. The highest BCUT2D eigenvalue weighted by Crippen LogP contribution is 2.35. The van der Waals surface area contributed by atoms with E-state index in [4.69, 9.17) is 18.9 Å². The molecule has 0 saturated carbocycles. The van der Waals surface area contributed by atoms with Gasteiger partial charge in [-0.1, -0.05) is 0 Å². The van der Waals surface area contributed by atoms with Crippen molar-refractivity contribution in [2.24, 2.45) is 7.05 Å². The minimum atomic E-state index is -0.214. The second kappa shape index (κ2) is 9.93. The van der Waals surface area contributed by atoms with Gasteiger partial charge < -0.3 is 28.8 Å². The number of carbonyl (C=O) groups is 1. The molecule has 2 heterocycles. The molecule has 170 valence electrons. The van der Waals surface area contributed by atoms with E-state index < -0.39 is 0 Å². The van der Waals surface area contributed by atoms with Crippen LogP contribution in [0.4, 0.5) is 5.69 Å². The van der Waals surface area contributed by atoms with Crippen LogP contribution >= 0.6 is 0 Å². The van der Waals surface area contributed by atoms with Crippen LogP contribution in [0.5, 0.6) is 17.2 Å². The van der Waals surface area contributed by atoms with E-state index in [1.165, 1.54) is 0 Å². The summed E-state index contributed by atoms with van der Waals surface area (Å²) in [6.45, 7) is 4.94. The topological polar surface area (TPSA) is 74.2 Å². The number of benzene rings is 2. The number of ether oxygens (including phenoxy) is 4. The summed E-state index contributed by atoms with van der Waals surface area (Å²) in [5, 5.41) is 3.77. The molecule has 1 aromatic heterocycles. The molecule has 8 heteroatoms. The molecule has 1 aliphatic rings. The smallest absolute Gasteiger partial charge is 0.272 e. The summed E-state index contributed by atoms with van der Waals surface area (Å²) in [6.07, 6.45) is 0. The standard InChI is InChI=1S/C24H29N3O5/c1-26-20(16-19-21(29-2)8-9-22(30-3)23(19)26)24(28)25-17-4-6-18(7-5-17)32-15-12-27-10-13-31-14-11-27/h4-9,16H,10-15H2,1-3H3,(H,25,28). The van der Waals surface area contributed by atoms with Crippen molar-refractivity contribution in [3.05, 3.63) is 48.2 Å². The molecule has 1 aliphatic heterocycles. The van der Waals surface area contributed by atoms with Crippen LogP contribution in [0, 0.1) is 0 Å². The van der Waals surface area contributed by atoms with Crippen molar-refractivity contribution < 1.29 is 23.7 Å². The molecule has 0 aliphatic carbocycles. The Kier molecular flexibility index (Phi) is 6.82. The number of nitrogens with one attached hydrogen (secondary N) is 1. The quantitative estimate of drug-likeness (QED) is 0.581. The highest BCUT2D eigenvalue weighted by Gasteiger charge is 2.19. The molecule has 32 heavy (non-hydrogen) atoms. The molecule has 1 amide bonds. The highest BCUT2D eigenvalue weighted by molar-refractivity contribution is 6.08. The zero-order chi connectivity index (χ0) is 22.5. The summed E-state index contributed by atoms with van der Waals surface area (Å²) in [4.78, 5) is 15.3. The summed E-state index contributed by atoms with van der Waals surface area (Å²) in [6, 6.07) is 12.9. The monoisotopic (exact) mass is 439 g/mol. The lowest BCUT2D eigenvalue weighted by Crippen LogP contribution is -2.38. The number of aryl methyl sites for hydroxylation is 1. The average Bonchev–Trinajstić information content (AvgIpc) is 3.18. The van der Waals surface area contributed by atoms with Gasteiger partial charge in [0.25, 0.3) is 5.91 Å². The number of aromatic nitrogens is 1. The zero-order valence-corrected chi connectivity index (χ0v) is 18.7. The van der Waals surface area contributed by atoms with Crippen molar-refractivity contribution in [3.8, 4) is 17.2 Å². The van der Waals surface area contributed by atoms with Crippen LogP contribution in [0.1, 0.15) is 10.5 Å². The van der Waals surface area contributed by atoms with Gasteiger partial charge in [-0.2, -0.15) is 0 Å². The van der Waals surface area contributed by atoms with Gasteiger partial charge in [-0.05, 0) is 42.5 Å². The third-order valence-corrected chi connectivity index (χ3v) is 5.68. The number of morpholine rings is 1. The van der Waals surface area contributed by atoms with Crippen molar-refractivity contribution in [1.82, 2.24) is 9.47 Å². The molecule has 3 aromatic rings. The fourth-order valence-electron chi connectivity index (χ4n) is 3.92. The summed E-state index contributed by atoms with van der Waals surface area (Å²) >= 11 is 0.